The topological polar surface area (TPSA) is 96.7 Å². The maximum absolute atomic E-state index is 12.0. The second-order valence-corrected chi connectivity index (χ2v) is 4.37. The average molecular weight is 259 g/mol. The Morgan fingerprint density at radius 3 is 3.05 bits per heavy atom. The van der Waals surface area contributed by atoms with Crippen molar-refractivity contribution in [1.82, 2.24) is 20.5 Å². The molecule has 19 heavy (non-hydrogen) atoms. The highest BCUT2D eigenvalue weighted by atomic mass is 16.1. The van der Waals surface area contributed by atoms with Gasteiger partial charge in [-0.3, -0.25) is 9.89 Å². The van der Waals surface area contributed by atoms with Crippen LogP contribution in [0.2, 0.25) is 0 Å². The Bertz CT molecular complexity index is 550. The van der Waals surface area contributed by atoms with Crippen LogP contribution in [-0.4, -0.2) is 27.6 Å². The van der Waals surface area contributed by atoms with Gasteiger partial charge in [0.25, 0.3) is 5.91 Å². The number of rotatable bonds is 5. The number of nitrogens with one attached hydrogen (secondary N) is 2. The van der Waals surface area contributed by atoms with Gasteiger partial charge < -0.3 is 11.1 Å². The summed E-state index contributed by atoms with van der Waals surface area (Å²) in [5.74, 6) is 0.733. The molecule has 0 unspecified atom stereocenters. The summed E-state index contributed by atoms with van der Waals surface area (Å²) in [6.07, 6.45) is 3.04. The molecule has 6 nitrogen and oxygen atoms in total. The molecule has 0 fully saturated rings. The Balaban J connectivity index is 1.82. The molecule has 0 spiro atoms. The number of nitrogens with two attached hydrogens (primary N) is 1. The number of carbonyl (C=O) groups is 1. The van der Waals surface area contributed by atoms with Crippen LogP contribution in [0.25, 0.3) is 0 Å². The summed E-state index contributed by atoms with van der Waals surface area (Å²) < 4.78 is 0. The summed E-state index contributed by atoms with van der Waals surface area (Å²) in [7, 11) is 0. The van der Waals surface area contributed by atoms with E-state index in [1.807, 2.05) is 13.0 Å². The Morgan fingerprint density at radius 2 is 2.32 bits per heavy atom. The van der Waals surface area contributed by atoms with Crippen molar-refractivity contribution >= 4 is 11.6 Å². The number of H-pyrrole nitrogens is 1. The summed E-state index contributed by atoms with van der Waals surface area (Å²) in [6.45, 7) is 2.48. The number of nitrogens with zero attached hydrogens (tertiary/aromatic N) is 2. The second kappa shape index (κ2) is 5.99. The fraction of sp³-hybridized carbons (Fsp3) is 0.308. The fourth-order valence-electron chi connectivity index (χ4n) is 1.79. The lowest BCUT2D eigenvalue weighted by Crippen LogP contribution is -2.25. The van der Waals surface area contributed by atoms with E-state index >= 15 is 0 Å². The highest BCUT2D eigenvalue weighted by molar-refractivity contribution is 5.96. The van der Waals surface area contributed by atoms with E-state index in [4.69, 9.17) is 5.73 Å². The van der Waals surface area contributed by atoms with E-state index in [1.165, 1.54) is 6.33 Å². The zero-order valence-electron chi connectivity index (χ0n) is 10.8. The Labute approximate surface area is 111 Å². The quantitative estimate of drug-likeness (QED) is 0.552. The molecule has 4 N–H and O–H groups in total. The Kier molecular flexibility index (Phi) is 4.12. The standard InChI is InChI=1S/C13H17N5O/c1-9-4-5-10(14)7-11(9)13(19)15-6-2-3-12-16-8-17-18-12/h4-5,7-8H,2-3,6,14H2,1H3,(H,15,19)(H,16,17,18). The van der Waals surface area contributed by atoms with Crippen molar-refractivity contribution < 1.29 is 4.79 Å². The van der Waals surface area contributed by atoms with Crippen molar-refractivity contribution in [1.29, 1.82) is 0 Å². The highest BCUT2D eigenvalue weighted by Crippen LogP contribution is 2.12. The van der Waals surface area contributed by atoms with Crippen LogP contribution in [0.4, 0.5) is 5.69 Å². The zero-order valence-corrected chi connectivity index (χ0v) is 10.8. The molecule has 0 aliphatic heterocycles. The van der Waals surface area contributed by atoms with Crippen LogP contribution in [0.15, 0.2) is 24.5 Å². The van der Waals surface area contributed by atoms with E-state index in [0.717, 1.165) is 24.2 Å². The van der Waals surface area contributed by atoms with Gasteiger partial charge in [-0.15, -0.1) is 0 Å². The Hall–Kier alpha value is -2.37. The van der Waals surface area contributed by atoms with Gasteiger partial charge in [-0.05, 0) is 31.0 Å². The number of hydrogen-bond acceptors (Lipinski definition) is 4. The van der Waals surface area contributed by atoms with Gasteiger partial charge in [-0.2, -0.15) is 5.10 Å². The van der Waals surface area contributed by atoms with Crippen LogP contribution in [-0.2, 0) is 6.42 Å². The molecule has 2 rings (SSSR count). The van der Waals surface area contributed by atoms with Gasteiger partial charge in [0.15, 0.2) is 0 Å². The van der Waals surface area contributed by atoms with E-state index in [-0.39, 0.29) is 5.91 Å². The van der Waals surface area contributed by atoms with Crippen LogP contribution in [0.3, 0.4) is 0 Å². The molecule has 6 heteroatoms. The van der Waals surface area contributed by atoms with Crippen molar-refractivity contribution in [2.45, 2.75) is 19.8 Å². The molecular weight excluding hydrogens is 242 g/mol. The minimum Gasteiger partial charge on any atom is -0.399 e. The van der Waals surface area contributed by atoms with Crippen molar-refractivity contribution in [2.24, 2.45) is 0 Å². The van der Waals surface area contributed by atoms with Crippen LogP contribution in [0, 0.1) is 6.92 Å². The van der Waals surface area contributed by atoms with Crippen LogP contribution in [0.1, 0.15) is 28.2 Å². The van der Waals surface area contributed by atoms with Gasteiger partial charge in [-0.25, -0.2) is 4.98 Å². The summed E-state index contributed by atoms with van der Waals surface area (Å²) >= 11 is 0. The van der Waals surface area contributed by atoms with Gasteiger partial charge in [0.2, 0.25) is 0 Å². The van der Waals surface area contributed by atoms with E-state index in [1.54, 1.807) is 12.1 Å². The first-order chi connectivity index (χ1) is 9.16. The van der Waals surface area contributed by atoms with Crippen LogP contribution in [0.5, 0.6) is 0 Å². The molecule has 1 heterocycles. The SMILES string of the molecule is Cc1ccc(N)cc1C(=O)NCCCc1ncn[nH]1. The molecular formula is C13H17N5O. The molecule has 0 bridgehead atoms. The van der Waals surface area contributed by atoms with Gasteiger partial charge in [-0.1, -0.05) is 6.07 Å². The third kappa shape index (κ3) is 3.54. The minimum absolute atomic E-state index is 0.0950. The van der Waals surface area contributed by atoms with Gasteiger partial charge >= 0.3 is 0 Å². The lowest BCUT2D eigenvalue weighted by atomic mass is 10.1. The molecule has 0 saturated carbocycles. The lowest BCUT2D eigenvalue weighted by Gasteiger charge is -2.08. The molecule has 0 radical (unpaired) electrons. The van der Waals surface area contributed by atoms with Crippen molar-refractivity contribution in [2.75, 3.05) is 12.3 Å². The smallest absolute Gasteiger partial charge is 0.251 e. The van der Waals surface area contributed by atoms with Crippen molar-refractivity contribution in [3.8, 4) is 0 Å². The molecule has 0 aliphatic rings. The number of aryl methyl sites for hydroxylation is 2. The van der Waals surface area contributed by atoms with Gasteiger partial charge in [0.05, 0.1) is 0 Å². The first-order valence-corrected chi connectivity index (χ1v) is 6.15. The lowest BCUT2D eigenvalue weighted by molar-refractivity contribution is 0.0952. The first kappa shape index (κ1) is 13.1. The molecule has 100 valence electrons. The molecule has 1 aromatic carbocycles. The molecule has 1 aromatic heterocycles. The zero-order chi connectivity index (χ0) is 13.7. The minimum atomic E-state index is -0.0950. The molecule has 2 aromatic rings. The summed E-state index contributed by atoms with van der Waals surface area (Å²) in [5, 5.41) is 9.42. The van der Waals surface area contributed by atoms with E-state index in [9.17, 15) is 4.79 Å². The fourth-order valence-corrected chi connectivity index (χ4v) is 1.79. The van der Waals surface area contributed by atoms with E-state index < -0.39 is 0 Å². The second-order valence-electron chi connectivity index (χ2n) is 4.37. The van der Waals surface area contributed by atoms with Crippen molar-refractivity contribution in [3.05, 3.63) is 41.5 Å². The molecule has 0 saturated heterocycles. The maximum atomic E-state index is 12.0. The largest absolute Gasteiger partial charge is 0.399 e. The number of anilines is 1. The number of aromatic amines is 1. The first-order valence-electron chi connectivity index (χ1n) is 6.15. The molecule has 1 amide bonds. The normalized spacial score (nSPS) is 10.4. The number of hydrogen-bond donors (Lipinski definition) is 3. The van der Waals surface area contributed by atoms with Gasteiger partial charge in [0, 0.05) is 24.2 Å². The number of amides is 1. The Morgan fingerprint density at radius 1 is 1.47 bits per heavy atom. The number of carbonyl (C=O) groups excluding carboxylic acids is 1. The van der Waals surface area contributed by atoms with Crippen LogP contribution < -0.4 is 11.1 Å². The monoisotopic (exact) mass is 259 g/mol. The maximum Gasteiger partial charge on any atom is 0.251 e. The number of nitrogen functional groups attached to an aromatic ring is 1. The van der Waals surface area contributed by atoms with E-state index in [2.05, 4.69) is 20.5 Å². The third-order valence-electron chi connectivity index (χ3n) is 2.85. The molecule has 0 atom stereocenters. The molecule has 0 aliphatic carbocycles. The average Bonchev–Trinajstić information content (AvgIpc) is 2.90. The predicted molar refractivity (Wildman–Crippen MR) is 72.6 cm³/mol. The summed E-state index contributed by atoms with van der Waals surface area (Å²) in [4.78, 5) is 16.0. The number of benzene rings is 1. The van der Waals surface area contributed by atoms with Gasteiger partial charge in [0.1, 0.15) is 12.2 Å². The number of aromatic nitrogens is 3. The highest BCUT2D eigenvalue weighted by Gasteiger charge is 2.08. The summed E-state index contributed by atoms with van der Waals surface area (Å²) in [6, 6.07) is 5.33. The van der Waals surface area contributed by atoms with Crippen LogP contribution >= 0.6 is 0 Å². The van der Waals surface area contributed by atoms with Crippen molar-refractivity contribution in [3.63, 3.8) is 0 Å². The predicted octanol–water partition coefficient (Wildman–Crippen LogP) is 1.06. The third-order valence-corrected chi connectivity index (χ3v) is 2.85. The summed E-state index contributed by atoms with van der Waals surface area (Å²) in [5.41, 5.74) is 7.82. The van der Waals surface area contributed by atoms with E-state index in [0.29, 0.717) is 17.8 Å².